The van der Waals surface area contributed by atoms with Gasteiger partial charge in [0.15, 0.2) is 17.9 Å². The van der Waals surface area contributed by atoms with Crippen LogP contribution in [-0.4, -0.2) is 16.1 Å². The summed E-state index contributed by atoms with van der Waals surface area (Å²) in [7, 11) is 0. The molecule has 0 bridgehead atoms. The van der Waals surface area contributed by atoms with Crippen LogP contribution in [0.25, 0.3) is 16.9 Å². The van der Waals surface area contributed by atoms with Crippen LogP contribution in [0.5, 0.6) is 0 Å². The minimum Gasteiger partial charge on any atom is -0.298 e. The molecule has 23 heavy (non-hydrogen) atoms. The third-order valence-corrected chi connectivity index (χ3v) is 3.62. The molecular weight excluding hydrogens is 329 g/mol. The molecule has 0 aliphatic carbocycles. The summed E-state index contributed by atoms with van der Waals surface area (Å²) in [6.45, 7) is 0. The molecule has 0 amide bonds. The SMILES string of the molecule is O=Cc1c(-c2cccc(F)c2F)nn(-c2ccc(F)cc2)c1Cl. The van der Waals surface area contributed by atoms with Crippen molar-refractivity contribution in [1.82, 2.24) is 9.78 Å². The van der Waals surface area contributed by atoms with Gasteiger partial charge in [-0.05, 0) is 36.4 Å². The maximum atomic E-state index is 14.0. The van der Waals surface area contributed by atoms with Crippen LogP contribution in [0.2, 0.25) is 5.15 Å². The summed E-state index contributed by atoms with van der Waals surface area (Å²) in [4.78, 5) is 11.3. The Hall–Kier alpha value is -2.60. The van der Waals surface area contributed by atoms with Crippen molar-refractivity contribution < 1.29 is 18.0 Å². The average Bonchev–Trinajstić information content (AvgIpc) is 2.87. The van der Waals surface area contributed by atoms with Crippen molar-refractivity contribution in [3.05, 3.63) is 70.6 Å². The van der Waals surface area contributed by atoms with Crippen molar-refractivity contribution in [1.29, 1.82) is 0 Å². The lowest BCUT2D eigenvalue weighted by Gasteiger charge is -2.03. The van der Waals surface area contributed by atoms with Gasteiger partial charge in [0.2, 0.25) is 0 Å². The lowest BCUT2D eigenvalue weighted by atomic mass is 10.1. The van der Waals surface area contributed by atoms with Crippen molar-refractivity contribution in [2.45, 2.75) is 0 Å². The quantitative estimate of drug-likeness (QED) is 0.663. The van der Waals surface area contributed by atoms with Gasteiger partial charge >= 0.3 is 0 Å². The second-order valence-electron chi connectivity index (χ2n) is 4.66. The Kier molecular flexibility index (Phi) is 3.92. The summed E-state index contributed by atoms with van der Waals surface area (Å²) in [6, 6.07) is 8.72. The molecule has 3 rings (SSSR count). The van der Waals surface area contributed by atoms with E-state index in [9.17, 15) is 18.0 Å². The van der Waals surface area contributed by atoms with E-state index in [-0.39, 0.29) is 22.0 Å². The van der Waals surface area contributed by atoms with Gasteiger partial charge in [-0.3, -0.25) is 4.79 Å². The summed E-state index contributed by atoms with van der Waals surface area (Å²) in [6.07, 6.45) is 0.412. The summed E-state index contributed by atoms with van der Waals surface area (Å²) < 4.78 is 41.5. The van der Waals surface area contributed by atoms with Crippen molar-refractivity contribution >= 4 is 17.9 Å². The largest absolute Gasteiger partial charge is 0.298 e. The highest BCUT2D eigenvalue weighted by molar-refractivity contribution is 6.32. The topological polar surface area (TPSA) is 34.9 Å². The van der Waals surface area contributed by atoms with Crippen molar-refractivity contribution in [3.63, 3.8) is 0 Å². The Balaban J connectivity index is 2.23. The van der Waals surface area contributed by atoms with Crippen LogP contribution in [0, 0.1) is 17.5 Å². The van der Waals surface area contributed by atoms with E-state index in [1.165, 1.54) is 36.4 Å². The summed E-state index contributed by atoms with van der Waals surface area (Å²) in [5, 5.41) is 4.00. The molecule has 0 aliphatic heterocycles. The first-order valence-electron chi connectivity index (χ1n) is 6.47. The predicted octanol–water partition coefficient (Wildman–Crippen LogP) is 4.42. The van der Waals surface area contributed by atoms with E-state index in [0.717, 1.165) is 10.7 Å². The average molecular weight is 337 g/mol. The van der Waals surface area contributed by atoms with Gasteiger partial charge in [-0.15, -0.1) is 0 Å². The Labute approximate surface area is 133 Å². The third-order valence-electron chi connectivity index (χ3n) is 3.26. The van der Waals surface area contributed by atoms with E-state index in [2.05, 4.69) is 5.10 Å². The molecule has 0 N–H and O–H groups in total. The van der Waals surface area contributed by atoms with Gasteiger partial charge in [0, 0.05) is 5.56 Å². The first kappa shape index (κ1) is 15.3. The molecule has 0 unspecified atom stereocenters. The van der Waals surface area contributed by atoms with Gasteiger partial charge in [0.05, 0.1) is 11.3 Å². The second-order valence-corrected chi connectivity index (χ2v) is 5.02. The zero-order valence-electron chi connectivity index (χ0n) is 11.4. The normalized spacial score (nSPS) is 10.8. The number of benzene rings is 2. The number of carbonyl (C=O) groups is 1. The highest BCUT2D eigenvalue weighted by Gasteiger charge is 2.22. The van der Waals surface area contributed by atoms with Crippen LogP contribution < -0.4 is 0 Å². The lowest BCUT2D eigenvalue weighted by molar-refractivity contribution is 0.112. The summed E-state index contributed by atoms with van der Waals surface area (Å²) >= 11 is 6.11. The number of hydrogen-bond acceptors (Lipinski definition) is 2. The minimum atomic E-state index is -1.13. The molecule has 0 aliphatic rings. The molecule has 3 aromatic rings. The van der Waals surface area contributed by atoms with Crippen molar-refractivity contribution in [2.75, 3.05) is 0 Å². The van der Waals surface area contributed by atoms with Crippen LogP contribution in [0.3, 0.4) is 0 Å². The van der Waals surface area contributed by atoms with E-state index in [1.54, 1.807) is 0 Å². The van der Waals surface area contributed by atoms with E-state index in [1.807, 2.05) is 0 Å². The zero-order chi connectivity index (χ0) is 16.6. The monoisotopic (exact) mass is 336 g/mol. The van der Waals surface area contributed by atoms with Gasteiger partial charge in [-0.2, -0.15) is 5.10 Å². The first-order chi connectivity index (χ1) is 11.0. The smallest absolute Gasteiger partial charge is 0.168 e. The van der Waals surface area contributed by atoms with E-state index >= 15 is 0 Å². The maximum absolute atomic E-state index is 14.0. The lowest BCUT2D eigenvalue weighted by Crippen LogP contribution is -1.97. The number of aldehydes is 1. The number of nitrogens with zero attached hydrogens (tertiary/aromatic N) is 2. The molecule has 0 saturated carbocycles. The molecule has 7 heteroatoms. The van der Waals surface area contributed by atoms with Crippen molar-refractivity contribution in [3.8, 4) is 16.9 Å². The van der Waals surface area contributed by atoms with Crippen LogP contribution in [-0.2, 0) is 0 Å². The minimum absolute atomic E-state index is 0.0785. The standard InChI is InChI=1S/C16H8ClF3N2O/c17-16-12(8-23)15(11-2-1-3-13(19)14(11)20)21-22(16)10-6-4-9(18)5-7-10/h1-8H. The number of halogens is 4. The molecule has 0 radical (unpaired) electrons. The third kappa shape index (κ3) is 2.61. The first-order valence-corrected chi connectivity index (χ1v) is 6.84. The molecule has 0 spiro atoms. The molecule has 0 atom stereocenters. The van der Waals surface area contributed by atoms with Gasteiger partial charge < -0.3 is 0 Å². The van der Waals surface area contributed by atoms with E-state index in [4.69, 9.17) is 11.6 Å². The molecule has 116 valence electrons. The predicted molar refractivity (Wildman–Crippen MR) is 79.3 cm³/mol. The molecule has 0 saturated heterocycles. The Morgan fingerprint density at radius 2 is 1.74 bits per heavy atom. The molecule has 1 aromatic heterocycles. The number of hydrogen-bond donors (Lipinski definition) is 0. The van der Waals surface area contributed by atoms with Crippen molar-refractivity contribution in [2.24, 2.45) is 0 Å². The second kappa shape index (κ2) is 5.89. The Morgan fingerprint density at radius 1 is 1.04 bits per heavy atom. The maximum Gasteiger partial charge on any atom is 0.168 e. The van der Waals surface area contributed by atoms with Gasteiger partial charge in [0.1, 0.15) is 16.7 Å². The fourth-order valence-electron chi connectivity index (χ4n) is 2.15. The van der Waals surface area contributed by atoms with Gasteiger partial charge in [-0.25, -0.2) is 17.9 Å². The molecule has 1 heterocycles. The van der Waals surface area contributed by atoms with Gasteiger partial charge in [0.25, 0.3) is 0 Å². The van der Waals surface area contributed by atoms with Crippen LogP contribution in [0.15, 0.2) is 42.5 Å². The fraction of sp³-hybridized carbons (Fsp3) is 0. The highest BCUT2D eigenvalue weighted by atomic mass is 35.5. The Morgan fingerprint density at radius 3 is 2.39 bits per heavy atom. The molecule has 0 fully saturated rings. The van der Waals surface area contributed by atoms with Crippen LogP contribution >= 0.6 is 11.6 Å². The number of aromatic nitrogens is 2. The number of rotatable bonds is 3. The zero-order valence-corrected chi connectivity index (χ0v) is 12.2. The highest BCUT2D eigenvalue weighted by Crippen LogP contribution is 2.31. The number of carbonyl (C=O) groups excluding carboxylic acids is 1. The fourth-order valence-corrected chi connectivity index (χ4v) is 2.42. The molecule has 3 nitrogen and oxygen atoms in total. The van der Waals surface area contributed by atoms with Gasteiger partial charge in [-0.1, -0.05) is 17.7 Å². The summed E-state index contributed by atoms with van der Waals surface area (Å²) in [5.41, 5.74) is 0.0178. The summed E-state index contributed by atoms with van der Waals surface area (Å²) in [5.74, 6) is -2.65. The molecule has 2 aromatic carbocycles. The Bertz CT molecular complexity index is 891. The molecular formula is C16H8ClF3N2O. The van der Waals surface area contributed by atoms with Crippen LogP contribution in [0.1, 0.15) is 10.4 Å². The van der Waals surface area contributed by atoms with Crippen LogP contribution in [0.4, 0.5) is 13.2 Å². The van der Waals surface area contributed by atoms with E-state index in [0.29, 0.717) is 12.0 Å². The van der Waals surface area contributed by atoms with E-state index < -0.39 is 17.5 Å².